The Hall–Kier alpha value is -1.79. The Kier molecular flexibility index (Phi) is 2.38. The van der Waals surface area contributed by atoms with Gasteiger partial charge in [-0.3, -0.25) is 0 Å². The van der Waals surface area contributed by atoms with Crippen LogP contribution in [0, 0.1) is 11.3 Å². The molecule has 0 bridgehead atoms. The Balaban J connectivity index is 2.16. The zero-order chi connectivity index (χ0) is 11.8. The second kappa shape index (κ2) is 3.90. The molecule has 4 heteroatoms. The summed E-state index contributed by atoms with van der Waals surface area (Å²) in [5.41, 5.74) is 3.81. The number of nitrogens with zero attached hydrogens (tertiary/aromatic N) is 3. The van der Waals surface area contributed by atoms with Crippen LogP contribution in [0.2, 0.25) is 5.02 Å². The molecule has 0 saturated carbocycles. The van der Waals surface area contributed by atoms with Gasteiger partial charge in [-0.05, 0) is 43.5 Å². The van der Waals surface area contributed by atoms with E-state index in [0.717, 1.165) is 30.5 Å². The molecule has 84 valence electrons. The summed E-state index contributed by atoms with van der Waals surface area (Å²) in [5, 5.41) is 14.1. The molecule has 2 aromatic rings. The lowest BCUT2D eigenvalue weighted by atomic mass is 10.2. The van der Waals surface area contributed by atoms with Gasteiger partial charge in [-0.15, -0.1) is 0 Å². The molecule has 0 amide bonds. The number of benzene rings is 1. The molecule has 1 aromatic carbocycles. The Morgan fingerprint density at radius 3 is 2.71 bits per heavy atom. The second-order valence-corrected chi connectivity index (χ2v) is 4.56. The maximum Gasteiger partial charge on any atom is 0.166 e. The molecule has 0 unspecified atom stereocenters. The molecule has 1 aromatic heterocycles. The average molecular weight is 244 g/mol. The molecule has 0 aliphatic heterocycles. The van der Waals surface area contributed by atoms with Crippen molar-refractivity contribution < 1.29 is 0 Å². The van der Waals surface area contributed by atoms with Crippen molar-refractivity contribution in [3.8, 4) is 11.8 Å². The monoisotopic (exact) mass is 243 g/mol. The molecule has 0 spiro atoms. The third-order valence-electron chi connectivity index (χ3n) is 3.11. The van der Waals surface area contributed by atoms with Crippen molar-refractivity contribution in [2.24, 2.45) is 0 Å². The smallest absolute Gasteiger partial charge is 0.166 e. The third-order valence-corrected chi connectivity index (χ3v) is 3.36. The summed E-state index contributed by atoms with van der Waals surface area (Å²) < 4.78 is 1.87. The lowest BCUT2D eigenvalue weighted by Gasteiger charge is -2.04. The van der Waals surface area contributed by atoms with E-state index >= 15 is 0 Å². The maximum atomic E-state index is 9.06. The van der Waals surface area contributed by atoms with E-state index in [-0.39, 0.29) is 0 Å². The van der Waals surface area contributed by atoms with Crippen LogP contribution >= 0.6 is 11.6 Å². The lowest BCUT2D eigenvalue weighted by molar-refractivity contribution is 0.780. The zero-order valence-corrected chi connectivity index (χ0v) is 9.91. The predicted octanol–water partition coefficient (Wildman–Crippen LogP) is 2.89. The van der Waals surface area contributed by atoms with Crippen molar-refractivity contribution in [3.63, 3.8) is 0 Å². The van der Waals surface area contributed by atoms with E-state index in [1.807, 2.05) is 28.9 Å². The summed E-state index contributed by atoms with van der Waals surface area (Å²) in [5.74, 6) is 0. The summed E-state index contributed by atoms with van der Waals surface area (Å²) in [6, 6.07) is 9.70. The van der Waals surface area contributed by atoms with Crippen molar-refractivity contribution in [1.29, 1.82) is 5.26 Å². The summed E-state index contributed by atoms with van der Waals surface area (Å²) in [6.07, 6.45) is 3.06. The van der Waals surface area contributed by atoms with Gasteiger partial charge in [0.1, 0.15) is 6.07 Å². The first-order valence-electron chi connectivity index (χ1n) is 5.56. The van der Waals surface area contributed by atoms with E-state index in [1.54, 1.807) is 0 Å². The predicted molar refractivity (Wildman–Crippen MR) is 65.3 cm³/mol. The number of fused-ring (bicyclic) bond motifs is 1. The minimum absolute atomic E-state index is 0.562. The fourth-order valence-electron chi connectivity index (χ4n) is 2.32. The SMILES string of the molecule is N#Cc1nn(-c2ccc(Cl)cc2)c2c1CCC2. The van der Waals surface area contributed by atoms with Crippen molar-refractivity contribution in [2.45, 2.75) is 19.3 Å². The van der Waals surface area contributed by atoms with E-state index in [2.05, 4.69) is 11.2 Å². The van der Waals surface area contributed by atoms with Crippen molar-refractivity contribution in [2.75, 3.05) is 0 Å². The Bertz CT molecular complexity index is 605. The first-order chi connectivity index (χ1) is 8.29. The van der Waals surface area contributed by atoms with E-state index in [9.17, 15) is 0 Å². The quantitative estimate of drug-likeness (QED) is 0.773. The molecule has 0 N–H and O–H groups in total. The topological polar surface area (TPSA) is 41.6 Å². The highest BCUT2D eigenvalue weighted by Gasteiger charge is 2.22. The van der Waals surface area contributed by atoms with Gasteiger partial charge in [-0.2, -0.15) is 10.4 Å². The summed E-state index contributed by atoms with van der Waals surface area (Å²) in [4.78, 5) is 0. The molecular formula is C13H10ClN3. The molecule has 0 fully saturated rings. The Morgan fingerprint density at radius 2 is 2.00 bits per heavy atom. The van der Waals surface area contributed by atoms with Crippen molar-refractivity contribution in [1.82, 2.24) is 9.78 Å². The standard InChI is InChI=1S/C13H10ClN3/c14-9-4-6-10(7-5-9)17-13-3-1-2-11(13)12(8-15)16-17/h4-7H,1-3H2. The number of hydrogen-bond acceptors (Lipinski definition) is 2. The van der Waals surface area contributed by atoms with Crippen LogP contribution in [0.25, 0.3) is 5.69 Å². The first kappa shape index (κ1) is 10.4. The number of rotatable bonds is 1. The molecule has 1 aliphatic rings. The van der Waals surface area contributed by atoms with Crippen LogP contribution < -0.4 is 0 Å². The molecule has 1 aliphatic carbocycles. The average Bonchev–Trinajstić information content (AvgIpc) is 2.91. The molecule has 3 nitrogen and oxygen atoms in total. The minimum Gasteiger partial charge on any atom is -0.236 e. The van der Waals surface area contributed by atoms with Crippen LogP contribution in [-0.2, 0) is 12.8 Å². The highest BCUT2D eigenvalue weighted by Crippen LogP contribution is 2.27. The van der Waals surface area contributed by atoms with Gasteiger partial charge in [0.25, 0.3) is 0 Å². The van der Waals surface area contributed by atoms with Gasteiger partial charge < -0.3 is 0 Å². The molecule has 0 radical (unpaired) electrons. The van der Waals surface area contributed by atoms with Gasteiger partial charge in [-0.1, -0.05) is 11.6 Å². The summed E-state index contributed by atoms with van der Waals surface area (Å²) >= 11 is 5.87. The summed E-state index contributed by atoms with van der Waals surface area (Å²) in [7, 11) is 0. The number of halogens is 1. The molecule has 1 heterocycles. The van der Waals surface area contributed by atoms with E-state index < -0.39 is 0 Å². The largest absolute Gasteiger partial charge is 0.236 e. The molecule has 17 heavy (non-hydrogen) atoms. The molecular weight excluding hydrogens is 234 g/mol. The molecule has 0 saturated heterocycles. The van der Waals surface area contributed by atoms with Crippen molar-refractivity contribution >= 4 is 11.6 Å². The van der Waals surface area contributed by atoms with Crippen molar-refractivity contribution in [3.05, 3.63) is 46.2 Å². The molecule has 3 rings (SSSR count). The van der Waals surface area contributed by atoms with Gasteiger partial charge >= 0.3 is 0 Å². The first-order valence-corrected chi connectivity index (χ1v) is 5.94. The van der Waals surface area contributed by atoms with Gasteiger partial charge in [0.2, 0.25) is 0 Å². The minimum atomic E-state index is 0.562. The van der Waals surface area contributed by atoms with E-state index in [1.165, 1.54) is 5.69 Å². The van der Waals surface area contributed by atoms with Crippen LogP contribution in [0.3, 0.4) is 0 Å². The number of hydrogen-bond donors (Lipinski definition) is 0. The van der Waals surface area contributed by atoms with Crippen LogP contribution in [-0.4, -0.2) is 9.78 Å². The number of nitriles is 1. The lowest BCUT2D eigenvalue weighted by Crippen LogP contribution is -2.00. The van der Waals surface area contributed by atoms with E-state index in [4.69, 9.17) is 16.9 Å². The fraction of sp³-hybridized carbons (Fsp3) is 0.231. The van der Waals surface area contributed by atoms with Crippen LogP contribution in [0.1, 0.15) is 23.4 Å². The van der Waals surface area contributed by atoms with Gasteiger partial charge in [-0.25, -0.2) is 4.68 Å². The fourth-order valence-corrected chi connectivity index (χ4v) is 2.45. The Morgan fingerprint density at radius 1 is 1.24 bits per heavy atom. The third kappa shape index (κ3) is 1.62. The summed E-state index contributed by atoms with van der Waals surface area (Å²) in [6.45, 7) is 0. The maximum absolute atomic E-state index is 9.06. The van der Waals surface area contributed by atoms with Crippen LogP contribution in [0.5, 0.6) is 0 Å². The zero-order valence-electron chi connectivity index (χ0n) is 9.15. The van der Waals surface area contributed by atoms with Crippen LogP contribution in [0.4, 0.5) is 0 Å². The highest BCUT2D eigenvalue weighted by atomic mass is 35.5. The Labute approximate surface area is 104 Å². The second-order valence-electron chi connectivity index (χ2n) is 4.13. The highest BCUT2D eigenvalue weighted by molar-refractivity contribution is 6.30. The van der Waals surface area contributed by atoms with Gasteiger partial charge in [0.15, 0.2) is 5.69 Å². The van der Waals surface area contributed by atoms with Gasteiger partial charge in [0, 0.05) is 16.3 Å². The van der Waals surface area contributed by atoms with Gasteiger partial charge in [0.05, 0.1) is 5.69 Å². The van der Waals surface area contributed by atoms with Crippen LogP contribution in [0.15, 0.2) is 24.3 Å². The number of aromatic nitrogens is 2. The normalized spacial score (nSPS) is 13.4. The molecule has 0 atom stereocenters. The van der Waals surface area contributed by atoms with E-state index in [0.29, 0.717) is 10.7 Å².